The summed E-state index contributed by atoms with van der Waals surface area (Å²) in [6.45, 7) is 6.86. The van der Waals surface area contributed by atoms with Gasteiger partial charge in [-0.1, -0.05) is 31.5 Å². The lowest BCUT2D eigenvalue weighted by Crippen LogP contribution is -2.47. The minimum Gasteiger partial charge on any atom is -0.323 e. The number of hydrogen-bond donors (Lipinski definition) is 3. The molecule has 0 saturated carbocycles. The number of amides is 6. The third-order valence-electron chi connectivity index (χ3n) is 4.64. The maximum Gasteiger partial charge on any atom is 0.325 e. The van der Waals surface area contributed by atoms with Gasteiger partial charge in [-0.2, -0.15) is 0 Å². The molecular weight excluding hydrogens is 336 g/mol. The van der Waals surface area contributed by atoms with Crippen LogP contribution in [0.25, 0.3) is 0 Å². The zero-order chi connectivity index (χ0) is 19.5. The molecule has 140 valence electrons. The van der Waals surface area contributed by atoms with Gasteiger partial charge in [-0.05, 0) is 38.3 Å². The first-order chi connectivity index (χ1) is 12.2. The Bertz CT molecular complexity index is 756. The van der Waals surface area contributed by atoms with E-state index in [1.807, 2.05) is 26.0 Å². The molecule has 0 spiro atoms. The molecule has 8 nitrogen and oxygen atoms in total. The molecule has 2 rings (SSSR count). The average Bonchev–Trinajstić information content (AvgIpc) is 2.82. The van der Waals surface area contributed by atoms with Crippen LogP contribution in [-0.4, -0.2) is 40.9 Å². The SMILES string of the molecule is CCC1(CC)NC(=O)N(CC(=O)NC(=O)Nc2ccc(C)cc2C)C1=O. The zero-order valence-corrected chi connectivity index (χ0v) is 15.4. The molecule has 0 bridgehead atoms. The van der Waals surface area contributed by atoms with E-state index in [1.165, 1.54) is 0 Å². The second-order valence-electron chi connectivity index (χ2n) is 6.43. The smallest absolute Gasteiger partial charge is 0.323 e. The Morgan fingerprint density at radius 1 is 1.15 bits per heavy atom. The molecule has 0 atom stereocenters. The summed E-state index contributed by atoms with van der Waals surface area (Å²) in [7, 11) is 0. The lowest BCUT2D eigenvalue weighted by atomic mass is 9.93. The number of urea groups is 2. The summed E-state index contributed by atoms with van der Waals surface area (Å²) in [5, 5.41) is 7.35. The highest BCUT2D eigenvalue weighted by atomic mass is 16.2. The topological polar surface area (TPSA) is 108 Å². The molecule has 1 fully saturated rings. The van der Waals surface area contributed by atoms with E-state index in [-0.39, 0.29) is 0 Å². The summed E-state index contributed by atoms with van der Waals surface area (Å²) in [4.78, 5) is 49.4. The number of carbonyl (C=O) groups excluding carboxylic acids is 4. The van der Waals surface area contributed by atoms with Crippen molar-refractivity contribution in [3.63, 3.8) is 0 Å². The van der Waals surface area contributed by atoms with Gasteiger partial charge < -0.3 is 10.6 Å². The lowest BCUT2D eigenvalue weighted by molar-refractivity contribution is -0.134. The molecule has 8 heteroatoms. The number of carbonyl (C=O) groups is 4. The van der Waals surface area contributed by atoms with Gasteiger partial charge in [-0.15, -0.1) is 0 Å². The molecule has 0 radical (unpaired) electrons. The second kappa shape index (κ2) is 7.55. The lowest BCUT2D eigenvalue weighted by Gasteiger charge is -2.22. The van der Waals surface area contributed by atoms with Crippen molar-refractivity contribution >= 4 is 29.6 Å². The van der Waals surface area contributed by atoms with Crippen LogP contribution in [-0.2, 0) is 9.59 Å². The maximum absolute atomic E-state index is 12.5. The highest BCUT2D eigenvalue weighted by molar-refractivity contribution is 6.10. The van der Waals surface area contributed by atoms with E-state index in [4.69, 9.17) is 0 Å². The van der Waals surface area contributed by atoms with Gasteiger partial charge in [0.15, 0.2) is 0 Å². The first-order valence-electron chi connectivity index (χ1n) is 8.54. The van der Waals surface area contributed by atoms with Crippen molar-refractivity contribution in [1.82, 2.24) is 15.5 Å². The highest BCUT2D eigenvalue weighted by Crippen LogP contribution is 2.24. The van der Waals surface area contributed by atoms with Crippen LogP contribution >= 0.6 is 0 Å². The van der Waals surface area contributed by atoms with Crippen LogP contribution in [0.15, 0.2) is 18.2 Å². The van der Waals surface area contributed by atoms with Gasteiger partial charge in [0.1, 0.15) is 12.1 Å². The Hall–Kier alpha value is -2.90. The number of imide groups is 2. The minimum absolute atomic E-state index is 0.430. The van der Waals surface area contributed by atoms with Gasteiger partial charge in [0.05, 0.1) is 0 Å². The second-order valence-corrected chi connectivity index (χ2v) is 6.43. The van der Waals surface area contributed by atoms with E-state index >= 15 is 0 Å². The number of rotatable bonds is 5. The predicted molar refractivity (Wildman–Crippen MR) is 96.6 cm³/mol. The summed E-state index contributed by atoms with van der Waals surface area (Å²) in [6, 6.07) is 4.14. The van der Waals surface area contributed by atoms with Crippen LogP contribution in [0.3, 0.4) is 0 Å². The van der Waals surface area contributed by atoms with E-state index in [0.717, 1.165) is 16.0 Å². The van der Waals surface area contributed by atoms with Crippen LogP contribution < -0.4 is 16.0 Å². The van der Waals surface area contributed by atoms with Crippen molar-refractivity contribution in [3.8, 4) is 0 Å². The predicted octanol–water partition coefficient (Wildman–Crippen LogP) is 2.06. The number of anilines is 1. The van der Waals surface area contributed by atoms with Crippen LogP contribution in [0.4, 0.5) is 15.3 Å². The molecule has 0 unspecified atom stereocenters. The zero-order valence-electron chi connectivity index (χ0n) is 15.4. The summed E-state index contributed by atoms with van der Waals surface area (Å²) in [6.07, 6.45) is 0.860. The first-order valence-corrected chi connectivity index (χ1v) is 8.54. The molecule has 3 N–H and O–H groups in total. The van der Waals surface area contributed by atoms with Crippen LogP contribution in [0.1, 0.15) is 37.8 Å². The Balaban J connectivity index is 1.97. The Morgan fingerprint density at radius 2 is 1.81 bits per heavy atom. The van der Waals surface area contributed by atoms with E-state index in [1.54, 1.807) is 19.9 Å². The summed E-state index contributed by atoms with van der Waals surface area (Å²) in [5.41, 5.74) is 1.52. The number of benzene rings is 1. The van der Waals surface area contributed by atoms with Gasteiger partial charge in [0.25, 0.3) is 5.91 Å². The van der Waals surface area contributed by atoms with Crippen LogP contribution in [0, 0.1) is 13.8 Å². The fraction of sp³-hybridized carbons (Fsp3) is 0.444. The summed E-state index contributed by atoms with van der Waals surface area (Å²) < 4.78 is 0. The van der Waals surface area contributed by atoms with Crippen molar-refractivity contribution in [1.29, 1.82) is 0 Å². The fourth-order valence-electron chi connectivity index (χ4n) is 2.97. The van der Waals surface area contributed by atoms with Crippen molar-refractivity contribution < 1.29 is 19.2 Å². The molecule has 26 heavy (non-hydrogen) atoms. The molecule has 0 aliphatic carbocycles. The number of nitrogens with one attached hydrogen (secondary N) is 3. The molecular formula is C18H24N4O4. The molecule has 1 aliphatic heterocycles. The van der Waals surface area contributed by atoms with E-state index in [0.29, 0.717) is 18.5 Å². The van der Waals surface area contributed by atoms with Gasteiger partial charge in [-0.3, -0.25) is 19.8 Å². The fourth-order valence-corrected chi connectivity index (χ4v) is 2.97. The molecule has 1 saturated heterocycles. The number of hydrogen-bond acceptors (Lipinski definition) is 4. The van der Waals surface area contributed by atoms with Gasteiger partial charge >= 0.3 is 12.1 Å². The maximum atomic E-state index is 12.5. The van der Waals surface area contributed by atoms with Crippen molar-refractivity contribution in [2.24, 2.45) is 0 Å². The Labute approximate surface area is 152 Å². The van der Waals surface area contributed by atoms with E-state index < -0.39 is 36.0 Å². The largest absolute Gasteiger partial charge is 0.325 e. The van der Waals surface area contributed by atoms with Crippen molar-refractivity contribution in [2.45, 2.75) is 46.1 Å². The van der Waals surface area contributed by atoms with Crippen molar-refractivity contribution in [3.05, 3.63) is 29.3 Å². The highest BCUT2D eigenvalue weighted by Gasteiger charge is 2.49. The Morgan fingerprint density at radius 3 is 2.35 bits per heavy atom. The molecule has 1 aromatic rings. The first kappa shape index (κ1) is 19.4. The van der Waals surface area contributed by atoms with Crippen molar-refractivity contribution in [2.75, 3.05) is 11.9 Å². The van der Waals surface area contributed by atoms with Crippen LogP contribution in [0.5, 0.6) is 0 Å². The van der Waals surface area contributed by atoms with Gasteiger partial charge in [-0.25, -0.2) is 9.59 Å². The number of nitrogens with zero attached hydrogens (tertiary/aromatic N) is 1. The molecule has 1 aliphatic rings. The third kappa shape index (κ3) is 3.84. The van der Waals surface area contributed by atoms with Gasteiger partial charge in [0, 0.05) is 5.69 Å². The third-order valence-corrected chi connectivity index (χ3v) is 4.64. The number of aryl methyl sites for hydroxylation is 2. The monoisotopic (exact) mass is 360 g/mol. The molecule has 6 amide bonds. The summed E-state index contributed by atoms with van der Waals surface area (Å²) in [5.74, 6) is -1.18. The van der Waals surface area contributed by atoms with E-state index in [9.17, 15) is 19.2 Å². The molecule has 1 aromatic carbocycles. The van der Waals surface area contributed by atoms with E-state index in [2.05, 4.69) is 16.0 Å². The minimum atomic E-state index is -0.974. The average molecular weight is 360 g/mol. The van der Waals surface area contributed by atoms with Gasteiger partial charge in [0.2, 0.25) is 5.91 Å². The molecule has 0 aromatic heterocycles. The molecule has 1 heterocycles. The van der Waals surface area contributed by atoms with Crippen LogP contribution in [0.2, 0.25) is 0 Å². The summed E-state index contributed by atoms with van der Waals surface area (Å²) >= 11 is 0. The normalized spacial score (nSPS) is 15.6. The Kier molecular flexibility index (Phi) is 5.64. The quantitative estimate of drug-likeness (QED) is 0.699. The standard InChI is InChI=1S/C18H24N4O4/c1-5-18(6-2)15(24)22(17(26)21-18)10-14(23)20-16(25)19-13-8-7-11(3)9-12(13)4/h7-9H,5-6,10H2,1-4H3,(H,21,26)(H2,19,20,23,25).